The minimum absolute atomic E-state index is 0. The highest BCUT2D eigenvalue weighted by atomic mass is 35.5. The van der Waals surface area contributed by atoms with Gasteiger partial charge in [0.2, 0.25) is 5.91 Å². The molecule has 1 fully saturated rings. The summed E-state index contributed by atoms with van der Waals surface area (Å²) >= 11 is 0. The lowest BCUT2D eigenvalue weighted by Gasteiger charge is -2.24. The number of amides is 1. The molecule has 0 bridgehead atoms. The van der Waals surface area contributed by atoms with Gasteiger partial charge in [0, 0.05) is 13.0 Å². The Kier molecular flexibility index (Phi) is 7.07. The molecule has 0 spiro atoms. The van der Waals surface area contributed by atoms with E-state index in [2.05, 4.69) is 4.99 Å². The fourth-order valence-corrected chi connectivity index (χ4v) is 3.06. The Labute approximate surface area is 165 Å². The molecule has 0 unspecified atom stereocenters. The molecular formula is C20H24ClN3O3. The van der Waals surface area contributed by atoms with Crippen LogP contribution in [0.5, 0.6) is 11.5 Å². The number of hydrogen-bond donors (Lipinski definition) is 2. The van der Waals surface area contributed by atoms with Crippen LogP contribution in [0.1, 0.15) is 24.0 Å². The molecule has 0 radical (unpaired) electrons. The van der Waals surface area contributed by atoms with Crippen LogP contribution in [0, 0.1) is 0 Å². The Bertz CT molecular complexity index is 791. The minimum atomic E-state index is -0.179. The Morgan fingerprint density at radius 3 is 2.44 bits per heavy atom. The van der Waals surface area contributed by atoms with E-state index in [1.54, 1.807) is 36.3 Å². The number of carbonyl (C=O) groups excluding carboxylic acids is 1. The Balaban J connectivity index is 0.00000261. The zero-order valence-electron chi connectivity index (χ0n) is 15.2. The number of carbonyl (C=O) groups is 1. The third-order valence-corrected chi connectivity index (χ3v) is 4.56. The molecule has 0 aliphatic carbocycles. The molecule has 27 heavy (non-hydrogen) atoms. The number of ether oxygens (including phenoxy) is 1. The van der Waals surface area contributed by atoms with Crippen molar-refractivity contribution in [3.8, 4) is 11.5 Å². The smallest absolute Gasteiger partial charge is 0.223 e. The summed E-state index contributed by atoms with van der Waals surface area (Å²) in [5.41, 5.74) is 8.18. The number of hydrogen-bond acceptors (Lipinski definition) is 4. The molecule has 0 saturated carbocycles. The van der Waals surface area contributed by atoms with Gasteiger partial charge in [-0.2, -0.15) is 0 Å². The highest BCUT2D eigenvalue weighted by Gasteiger charge is 2.33. The molecule has 2 aromatic carbocycles. The van der Waals surface area contributed by atoms with Gasteiger partial charge in [0.25, 0.3) is 0 Å². The van der Waals surface area contributed by atoms with E-state index < -0.39 is 0 Å². The standard InChI is InChI=1S/C20H23N3O3.ClH/c1-26-17-8-4-15(5-9-17)13-23-18(10-11-19(23)25)20(21)22-12-14-2-6-16(24)7-3-14;/h2-9,18,24H,10-13H2,1H3,(H2,21,22);1H/t18-;/m0./s1. The molecule has 1 aliphatic heterocycles. The van der Waals surface area contributed by atoms with E-state index in [9.17, 15) is 9.90 Å². The molecule has 0 aromatic heterocycles. The first-order valence-corrected chi connectivity index (χ1v) is 8.57. The number of halogens is 1. The second-order valence-corrected chi connectivity index (χ2v) is 6.33. The first-order valence-electron chi connectivity index (χ1n) is 8.57. The first-order chi connectivity index (χ1) is 12.6. The molecule has 2 aromatic rings. The molecule has 1 atom stereocenters. The van der Waals surface area contributed by atoms with Crippen LogP contribution in [0.3, 0.4) is 0 Å². The normalized spacial score (nSPS) is 16.9. The van der Waals surface area contributed by atoms with Crippen LogP contribution >= 0.6 is 12.4 Å². The molecule has 144 valence electrons. The first kappa shape index (κ1) is 20.6. The van der Waals surface area contributed by atoms with E-state index in [1.807, 2.05) is 24.3 Å². The van der Waals surface area contributed by atoms with Gasteiger partial charge in [-0.25, -0.2) is 0 Å². The summed E-state index contributed by atoms with van der Waals surface area (Å²) in [6.45, 7) is 0.927. The van der Waals surface area contributed by atoms with E-state index in [-0.39, 0.29) is 30.1 Å². The van der Waals surface area contributed by atoms with Crippen molar-refractivity contribution < 1.29 is 14.6 Å². The monoisotopic (exact) mass is 389 g/mol. The average Bonchev–Trinajstić information content (AvgIpc) is 3.02. The van der Waals surface area contributed by atoms with E-state index in [4.69, 9.17) is 10.5 Å². The van der Waals surface area contributed by atoms with Crippen molar-refractivity contribution in [3.63, 3.8) is 0 Å². The molecular weight excluding hydrogens is 366 g/mol. The van der Waals surface area contributed by atoms with Crippen LogP contribution in [-0.4, -0.2) is 34.9 Å². The van der Waals surface area contributed by atoms with Gasteiger partial charge in [0.1, 0.15) is 17.3 Å². The highest BCUT2D eigenvalue weighted by Crippen LogP contribution is 2.23. The Morgan fingerprint density at radius 1 is 1.19 bits per heavy atom. The summed E-state index contributed by atoms with van der Waals surface area (Å²) in [6, 6.07) is 14.3. The fourth-order valence-electron chi connectivity index (χ4n) is 3.06. The molecule has 3 N–H and O–H groups in total. The molecule has 1 amide bonds. The number of benzene rings is 2. The van der Waals surface area contributed by atoms with Crippen LogP contribution in [0.4, 0.5) is 0 Å². The quantitative estimate of drug-likeness (QED) is 0.587. The van der Waals surface area contributed by atoms with E-state index >= 15 is 0 Å². The molecule has 7 heteroatoms. The molecule has 1 saturated heterocycles. The number of rotatable bonds is 6. The van der Waals surface area contributed by atoms with Crippen LogP contribution in [-0.2, 0) is 17.9 Å². The van der Waals surface area contributed by atoms with Crippen molar-refractivity contribution in [3.05, 3.63) is 59.7 Å². The van der Waals surface area contributed by atoms with Gasteiger partial charge in [-0.1, -0.05) is 24.3 Å². The number of nitrogens with two attached hydrogens (primary N) is 1. The lowest BCUT2D eigenvalue weighted by Crippen LogP contribution is -2.42. The van der Waals surface area contributed by atoms with E-state index in [0.29, 0.717) is 31.8 Å². The minimum Gasteiger partial charge on any atom is -0.508 e. The maximum absolute atomic E-state index is 12.3. The molecule has 1 heterocycles. The third kappa shape index (κ3) is 5.14. The maximum atomic E-state index is 12.3. The van der Waals surface area contributed by atoms with Crippen LogP contribution < -0.4 is 10.5 Å². The molecule has 1 aliphatic rings. The summed E-state index contributed by atoms with van der Waals surface area (Å²) in [5, 5.41) is 9.33. The van der Waals surface area contributed by atoms with Gasteiger partial charge in [-0.15, -0.1) is 12.4 Å². The number of phenols is 1. The maximum Gasteiger partial charge on any atom is 0.223 e. The number of amidine groups is 1. The van der Waals surface area contributed by atoms with Crippen molar-refractivity contribution in [1.82, 2.24) is 4.90 Å². The van der Waals surface area contributed by atoms with Gasteiger partial charge in [-0.05, 0) is 41.8 Å². The van der Waals surface area contributed by atoms with Crippen molar-refractivity contribution in [2.24, 2.45) is 10.7 Å². The largest absolute Gasteiger partial charge is 0.508 e. The van der Waals surface area contributed by atoms with Crippen LogP contribution in [0.25, 0.3) is 0 Å². The molecule has 6 nitrogen and oxygen atoms in total. The predicted molar refractivity (Wildman–Crippen MR) is 107 cm³/mol. The van der Waals surface area contributed by atoms with Crippen molar-refractivity contribution in [2.75, 3.05) is 7.11 Å². The summed E-state index contributed by atoms with van der Waals surface area (Å²) < 4.78 is 5.17. The number of aliphatic imine (C=N–C) groups is 1. The van der Waals surface area contributed by atoms with Crippen molar-refractivity contribution in [2.45, 2.75) is 32.0 Å². The molecule has 3 rings (SSSR count). The van der Waals surface area contributed by atoms with Gasteiger partial charge in [-0.3, -0.25) is 9.79 Å². The van der Waals surface area contributed by atoms with Crippen molar-refractivity contribution >= 4 is 24.1 Å². The second kappa shape index (κ2) is 9.28. The number of likely N-dealkylation sites (tertiary alicyclic amines) is 1. The zero-order chi connectivity index (χ0) is 18.5. The Hall–Kier alpha value is -2.73. The zero-order valence-corrected chi connectivity index (χ0v) is 16.0. The van der Waals surface area contributed by atoms with Crippen LogP contribution in [0.2, 0.25) is 0 Å². The predicted octanol–water partition coefficient (Wildman–Crippen LogP) is 2.87. The van der Waals surface area contributed by atoms with E-state index in [1.165, 1.54) is 0 Å². The average molecular weight is 390 g/mol. The number of methoxy groups -OCH3 is 1. The van der Waals surface area contributed by atoms with Crippen molar-refractivity contribution in [1.29, 1.82) is 0 Å². The van der Waals surface area contributed by atoms with E-state index in [0.717, 1.165) is 16.9 Å². The summed E-state index contributed by atoms with van der Waals surface area (Å²) in [4.78, 5) is 18.5. The van der Waals surface area contributed by atoms with Gasteiger partial charge >= 0.3 is 0 Å². The number of nitrogens with zero attached hydrogens (tertiary/aromatic N) is 2. The van der Waals surface area contributed by atoms with Gasteiger partial charge < -0.3 is 20.5 Å². The van der Waals surface area contributed by atoms with Crippen LogP contribution in [0.15, 0.2) is 53.5 Å². The lowest BCUT2D eigenvalue weighted by atomic mass is 10.1. The summed E-state index contributed by atoms with van der Waals surface area (Å²) in [6.07, 6.45) is 1.16. The topological polar surface area (TPSA) is 88.2 Å². The lowest BCUT2D eigenvalue weighted by molar-refractivity contribution is -0.128. The van der Waals surface area contributed by atoms with Gasteiger partial charge in [0.15, 0.2) is 0 Å². The second-order valence-electron chi connectivity index (χ2n) is 6.33. The van der Waals surface area contributed by atoms with Gasteiger partial charge in [0.05, 0.1) is 19.7 Å². The summed E-state index contributed by atoms with van der Waals surface area (Å²) in [7, 11) is 1.63. The number of phenolic OH excluding ortho intramolecular Hbond substituents is 1. The number of aromatic hydroxyl groups is 1. The SMILES string of the molecule is COc1ccc(CN2C(=O)CC[C@H]2C(N)=NCc2ccc(O)cc2)cc1.Cl. The summed E-state index contributed by atoms with van der Waals surface area (Å²) in [5.74, 6) is 1.57. The fraction of sp³-hybridized carbons (Fsp3) is 0.300. The highest BCUT2D eigenvalue weighted by molar-refractivity contribution is 5.93. The Morgan fingerprint density at radius 2 is 1.81 bits per heavy atom. The third-order valence-electron chi connectivity index (χ3n) is 4.56.